The average molecular weight is 157 g/mol. The third-order valence-corrected chi connectivity index (χ3v) is 1.80. The third-order valence-electron chi connectivity index (χ3n) is 1.80. The summed E-state index contributed by atoms with van der Waals surface area (Å²) in [7, 11) is 0. The average Bonchev–Trinajstić information content (AvgIpc) is 2.17. The monoisotopic (exact) mass is 157 g/mol. The van der Waals surface area contributed by atoms with Crippen molar-refractivity contribution in [2.75, 3.05) is 11.9 Å². The van der Waals surface area contributed by atoms with Gasteiger partial charge in [0.1, 0.15) is 0 Å². The minimum atomic E-state index is 0.606. The molecule has 1 aromatic rings. The van der Waals surface area contributed by atoms with Gasteiger partial charge in [-0.3, -0.25) is 4.98 Å². The van der Waals surface area contributed by atoms with Gasteiger partial charge in [-0.25, -0.2) is 0 Å². The molecule has 3 nitrogen and oxygen atoms in total. The Balaban J connectivity index is 2.49. The van der Waals surface area contributed by atoms with E-state index in [9.17, 15) is 0 Å². The summed E-state index contributed by atoms with van der Waals surface area (Å²) in [5.41, 5.74) is 2.79. The van der Waals surface area contributed by atoms with Gasteiger partial charge >= 0.3 is 0 Å². The van der Waals surface area contributed by atoms with Crippen LogP contribution in [0.4, 0.5) is 5.69 Å². The van der Waals surface area contributed by atoms with E-state index in [4.69, 9.17) is 5.26 Å². The van der Waals surface area contributed by atoms with Crippen LogP contribution in [0.3, 0.4) is 0 Å². The first kappa shape index (κ1) is 6.86. The van der Waals surface area contributed by atoms with Gasteiger partial charge in [-0.1, -0.05) is 0 Å². The molecule has 1 N–H and O–H groups in total. The van der Waals surface area contributed by atoms with E-state index in [2.05, 4.69) is 16.4 Å². The van der Waals surface area contributed by atoms with Gasteiger partial charge in [0.25, 0.3) is 0 Å². The lowest BCUT2D eigenvalue weighted by molar-refractivity contribution is 1.21. The van der Waals surface area contributed by atoms with Gasteiger partial charge in [-0.2, -0.15) is 5.26 Å². The lowest BCUT2D eigenvalue weighted by Gasteiger charge is -2.13. The number of pyridine rings is 1. The topological polar surface area (TPSA) is 48.7 Å². The van der Waals surface area contributed by atoms with Crippen LogP contribution >= 0.6 is 0 Å². The highest BCUT2D eigenvalue weighted by atomic mass is 14.9. The highest BCUT2D eigenvalue weighted by Crippen LogP contribution is 2.21. The van der Waals surface area contributed by atoms with Crippen LogP contribution in [0.1, 0.15) is 5.56 Å². The highest BCUT2D eigenvalue weighted by molar-refractivity contribution is 5.73. The van der Waals surface area contributed by atoms with Crippen molar-refractivity contribution >= 4 is 11.8 Å². The number of nitriles is 1. The van der Waals surface area contributed by atoms with E-state index in [0.717, 1.165) is 16.8 Å². The number of hydrogen-bond donors (Lipinski definition) is 1. The Bertz CT molecular complexity index is 374. The molecule has 58 valence electrons. The van der Waals surface area contributed by atoms with Crippen LogP contribution in [0.2, 0.25) is 0 Å². The molecule has 0 unspecified atom stereocenters. The Morgan fingerprint density at radius 1 is 1.58 bits per heavy atom. The fourth-order valence-electron chi connectivity index (χ4n) is 1.18. The summed E-state index contributed by atoms with van der Waals surface area (Å²) in [5.74, 6) is 0. The number of nitrogens with one attached hydrogen (secondary N) is 1. The van der Waals surface area contributed by atoms with E-state index in [1.54, 1.807) is 12.4 Å². The van der Waals surface area contributed by atoms with Crippen molar-refractivity contribution in [1.29, 1.82) is 5.26 Å². The van der Waals surface area contributed by atoms with Crippen molar-refractivity contribution in [2.24, 2.45) is 0 Å². The number of fused-ring (bicyclic) bond motifs is 1. The van der Waals surface area contributed by atoms with Crippen molar-refractivity contribution in [3.05, 3.63) is 29.6 Å². The number of hydrogen-bond acceptors (Lipinski definition) is 3. The van der Waals surface area contributed by atoms with Crippen molar-refractivity contribution in [1.82, 2.24) is 4.98 Å². The molecule has 0 spiro atoms. The molecule has 0 amide bonds. The van der Waals surface area contributed by atoms with Gasteiger partial charge in [0, 0.05) is 17.3 Å². The van der Waals surface area contributed by atoms with Crippen LogP contribution in [-0.4, -0.2) is 11.5 Å². The zero-order valence-electron chi connectivity index (χ0n) is 6.41. The van der Waals surface area contributed by atoms with Crippen LogP contribution in [-0.2, 0) is 0 Å². The van der Waals surface area contributed by atoms with Crippen LogP contribution in [0.25, 0.3) is 6.08 Å². The maximum absolute atomic E-state index is 8.64. The van der Waals surface area contributed by atoms with Crippen LogP contribution in [0.15, 0.2) is 24.0 Å². The molecule has 1 aliphatic rings. The number of aromatic nitrogens is 1. The van der Waals surface area contributed by atoms with Crippen molar-refractivity contribution < 1.29 is 0 Å². The van der Waals surface area contributed by atoms with Gasteiger partial charge in [0.05, 0.1) is 24.5 Å². The molecule has 0 saturated heterocycles. The smallest absolute Gasteiger partial charge is 0.0966 e. The van der Waals surface area contributed by atoms with Crippen LogP contribution in [0.5, 0.6) is 0 Å². The molecule has 0 saturated carbocycles. The minimum Gasteiger partial charge on any atom is -0.379 e. The molecule has 0 atom stereocenters. The summed E-state index contributed by atoms with van der Waals surface area (Å²) in [5, 5.41) is 11.8. The molecular formula is C9H7N3. The molecule has 12 heavy (non-hydrogen) atoms. The molecule has 0 fully saturated rings. The second-order valence-electron chi connectivity index (χ2n) is 2.60. The Hall–Kier alpha value is -1.82. The van der Waals surface area contributed by atoms with Gasteiger partial charge < -0.3 is 5.32 Å². The first-order chi connectivity index (χ1) is 5.90. The quantitative estimate of drug-likeness (QED) is 0.619. The van der Waals surface area contributed by atoms with Gasteiger partial charge in [-0.15, -0.1) is 0 Å². The molecular weight excluding hydrogens is 150 g/mol. The van der Waals surface area contributed by atoms with Crippen LogP contribution in [0, 0.1) is 11.3 Å². The number of anilines is 1. The first-order valence-corrected chi connectivity index (χ1v) is 3.69. The van der Waals surface area contributed by atoms with E-state index in [1.165, 1.54) is 0 Å². The van der Waals surface area contributed by atoms with Crippen molar-refractivity contribution in [2.45, 2.75) is 0 Å². The maximum atomic E-state index is 8.64. The molecule has 1 aromatic heterocycles. The zero-order chi connectivity index (χ0) is 8.39. The summed E-state index contributed by atoms with van der Waals surface area (Å²) < 4.78 is 0. The van der Waals surface area contributed by atoms with Crippen molar-refractivity contribution in [3.63, 3.8) is 0 Å². The SMILES string of the molecule is N#CC1=Cc2ccncc2NC1. The lowest BCUT2D eigenvalue weighted by Crippen LogP contribution is -2.09. The van der Waals surface area contributed by atoms with E-state index in [1.807, 2.05) is 12.1 Å². The normalized spacial score (nSPS) is 13.8. The van der Waals surface area contributed by atoms with Gasteiger partial charge in [0.2, 0.25) is 0 Å². The van der Waals surface area contributed by atoms with E-state index < -0.39 is 0 Å². The van der Waals surface area contributed by atoms with Gasteiger partial charge in [-0.05, 0) is 12.1 Å². The number of rotatable bonds is 0. The summed E-state index contributed by atoms with van der Waals surface area (Å²) in [6.45, 7) is 0.606. The fraction of sp³-hybridized carbons (Fsp3) is 0.111. The summed E-state index contributed by atoms with van der Waals surface area (Å²) >= 11 is 0. The Kier molecular flexibility index (Phi) is 1.52. The standard InChI is InChI=1S/C9H7N3/c10-4-7-3-8-1-2-11-6-9(8)12-5-7/h1-3,6,12H,5H2. The number of nitrogens with zero attached hydrogens (tertiary/aromatic N) is 2. The predicted octanol–water partition coefficient (Wildman–Crippen LogP) is 1.41. The molecule has 0 aromatic carbocycles. The largest absolute Gasteiger partial charge is 0.379 e. The third kappa shape index (κ3) is 1.04. The Morgan fingerprint density at radius 3 is 3.33 bits per heavy atom. The Labute approximate surface area is 70.4 Å². The summed E-state index contributed by atoms with van der Waals surface area (Å²) in [4.78, 5) is 3.97. The predicted molar refractivity (Wildman–Crippen MR) is 46.3 cm³/mol. The van der Waals surface area contributed by atoms with E-state index in [0.29, 0.717) is 6.54 Å². The Morgan fingerprint density at radius 2 is 2.50 bits per heavy atom. The maximum Gasteiger partial charge on any atom is 0.0966 e. The molecule has 2 rings (SSSR count). The molecule has 3 heteroatoms. The second kappa shape index (κ2) is 2.67. The van der Waals surface area contributed by atoms with Crippen LogP contribution < -0.4 is 5.32 Å². The molecule has 0 bridgehead atoms. The van der Waals surface area contributed by atoms with Gasteiger partial charge in [0.15, 0.2) is 0 Å². The molecule has 1 aliphatic heterocycles. The molecule has 0 radical (unpaired) electrons. The summed E-state index contributed by atoms with van der Waals surface area (Å²) in [6.07, 6.45) is 5.37. The fourth-order valence-corrected chi connectivity index (χ4v) is 1.18. The first-order valence-electron chi connectivity index (χ1n) is 3.69. The summed E-state index contributed by atoms with van der Waals surface area (Å²) in [6, 6.07) is 4.01. The minimum absolute atomic E-state index is 0.606. The molecule has 2 heterocycles. The molecule has 0 aliphatic carbocycles. The van der Waals surface area contributed by atoms with E-state index in [-0.39, 0.29) is 0 Å². The highest BCUT2D eigenvalue weighted by Gasteiger charge is 2.07. The lowest BCUT2D eigenvalue weighted by atomic mass is 10.1. The van der Waals surface area contributed by atoms with E-state index >= 15 is 0 Å². The van der Waals surface area contributed by atoms with Crippen molar-refractivity contribution in [3.8, 4) is 6.07 Å². The zero-order valence-corrected chi connectivity index (χ0v) is 6.41. The second-order valence-corrected chi connectivity index (χ2v) is 2.60.